The first-order valence-corrected chi connectivity index (χ1v) is 10.9. The lowest BCUT2D eigenvalue weighted by Gasteiger charge is -2.12. The molecule has 174 valence electrons. The van der Waals surface area contributed by atoms with Gasteiger partial charge in [0, 0.05) is 18.5 Å². The molecule has 0 aromatic heterocycles. The molecule has 0 saturated carbocycles. The van der Waals surface area contributed by atoms with Crippen molar-refractivity contribution in [3.8, 4) is 0 Å². The number of hydrogen-bond acceptors (Lipinski definition) is 5. The van der Waals surface area contributed by atoms with E-state index < -0.39 is 18.5 Å². The molecule has 7 heteroatoms. The molecule has 0 bridgehead atoms. The van der Waals surface area contributed by atoms with Crippen LogP contribution in [0.15, 0.2) is 78.9 Å². The Balaban J connectivity index is 1.47. The first-order valence-electron chi connectivity index (χ1n) is 10.9. The fourth-order valence-corrected chi connectivity index (χ4v) is 3.16. The number of rotatable bonds is 10. The summed E-state index contributed by atoms with van der Waals surface area (Å²) >= 11 is 0. The van der Waals surface area contributed by atoms with Gasteiger partial charge in [0.1, 0.15) is 0 Å². The molecule has 0 atom stereocenters. The van der Waals surface area contributed by atoms with Crippen LogP contribution >= 0.6 is 0 Å². The fourth-order valence-electron chi connectivity index (χ4n) is 3.16. The molecule has 3 aromatic rings. The number of benzene rings is 3. The Kier molecular flexibility index (Phi) is 8.68. The Hall–Kier alpha value is -4.26. The standard InChI is InChI=1S/C27H26N2O5/c1-19-11-13-20(14-12-19)17-28-27(33)22-9-5-6-10-23(22)29-25(31)18-34-26(32)16-15-24(30)21-7-3-2-4-8-21/h2-14H,15-18H2,1H3,(H,28,33)(H,29,31). The van der Waals surface area contributed by atoms with E-state index >= 15 is 0 Å². The van der Waals surface area contributed by atoms with E-state index in [1.165, 1.54) is 0 Å². The van der Waals surface area contributed by atoms with E-state index in [4.69, 9.17) is 4.74 Å². The van der Waals surface area contributed by atoms with Crippen molar-refractivity contribution in [2.24, 2.45) is 0 Å². The van der Waals surface area contributed by atoms with Gasteiger partial charge >= 0.3 is 5.97 Å². The molecule has 34 heavy (non-hydrogen) atoms. The number of para-hydroxylation sites is 1. The third-order valence-corrected chi connectivity index (χ3v) is 5.04. The van der Waals surface area contributed by atoms with Crippen molar-refractivity contribution < 1.29 is 23.9 Å². The summed E-state index contributed by atoms with van der Waals surface area (Å²) in [7, 11) is 0. The van der Waals surface area contributed by atoms with E-state index in [1.807, 2.05) is 31.2 Å². The number of amides is 2. The topological polar surface area (TPSA) is 102 Å². The summed E-state index contributed by atoms with van der Waals surface area (Å²) in [5.74, 6) is -1.74. The lowest BCUT2D eigenvalue weighted by atomic mass is 10.1. The van der Waals surface area contributed by atoms with Gasteiger partial charge in [-0.1, -0.05) is 72.3 Å². The minimum atomic E-state index is -0.649. The number of Topliss-reactive ketones (excluding diaryl/α,β-unsaturated/α-hetero) is 1. The van der Waals surface area contributed by atoms with Gasteiger partial charge < -0.3 is 15.4 Å². The van der Waals surface area contributed by atoms with Crippen LogP contribution in [0.4, 0.5) is 5.69 Å². The van der Waals surface area contributed by atoms with Gasteiger partial charge in [-0.15, -0.1) is 0 Å². The number of nitrogens with one attached hydrogen (secondary N) is 2. The number of ketones is 1. The first-order chi connectivity index (χ1) is 16.4. The van der Waals surface area contributed by atoms with Crippen molar-refractivity contribution in [2.45, 2.75) is 26.3 Å². The van der Waals surface area contributed by atoms with Crippen LogP contribution in [-0.2, 0) is 20.9 Å². The quantitative estimate of drug-likeness (QED) is 0.352. The van der Waals surface area contributed by atoms with Gasteiger partial charge in [0.2, 0.25) is 0 Å². The number of carbonyl (C=O) groups excluding carboxylic acids is 4. The second kappa shape index (κ2) is 12.1. The third kappa shape index (κ3) is 7.41. The van der Waals surface area contributed by atoms with Gasteiger partial charge in [0.05, 0.1) is 17.7 Å². The van der Waals surface area contributed by atoms with Crippen LogP contribution in [0.3, 0.4) is 0 Å². The van der Waals surface area contributed by atoms with Gasteiger partial charge in [-0.05, 0) is 24.6 Å². The minimum Gasteiger partial charge on any atom is -0.456 e. The van der Waals surface area contributed by atoms with E-state index in [-0.39, 0.29) is 24.5 Å². The largest absolute Gasteiger partial charge is 0.456 e. The zero-order valence-electron chi connectivity index (χ0n) is 18.9. The van der Waals surface area contributed by atoms with Gasteiger partial charge in [-0.3, -0.25) is 19.2 Å². The van der Waals surface area contributed by atoms with Crippen LogP contribution < -0.4 is 10.6 Å². The molecule has 0 radical (unpaired) electrons. The summed E-state index contributed by atoms with van der Waals surface area (Å²) in [4.78, 5) is 48.9. The molecule has 0 heterocycles. The van der Waals surface area contributed by atoms with E-state index in [1.54, 1.807) is 54.6 Å². The van der Waals surface area contributed by atoms with Crippen molar-refractivity contribution in [3.63, 3.8) is 0 Å². The first kappa shape index (κ1) is 24.4. The van der Waals surface area contributed by atoms with E-state index in [9.17, 15) is 19.2 Å². The highest BCUT2D eigenvalue weighted by molar-refractivity contribution is 6.04. The normalized spacial score (nSPS) is 10.3. The Morgan fingerprint density at radius 2 is 1.47 bits per heavy atom. The van der Waals surface area contributed by atoms with E-state index in [0.29, 0.717) is 23.4 Å². The number of aryl methyl sites for hydroxylation is 1. The summed E-state index contributed by atoms with van der Waals surface area (Å²) in [6.07, 6.45) is -0.131. The van der Waals surface area contributed by atoms with Crippen LogP contribution in [0, 0.1) is 6.92 Å². The molecule has 0 spiro atoms. The summed E-state index contributed by atoms with van der Waals surface area (Å²) in [5, 5.41) is 5.43. The molecule has 0 fully saturated rings. The van der Waals surface area contributed by atoms with Crippen LogP contribution in [0.1, 0.15) is 44.7 Å². The van der Waals surface area contributed by atoms with Gasteiger partial charge in [0.25, 0.3) is 11.8 Å². The molecule has 3 aromatic carbocycles. The third-order valence-electron chi connectivity index (χ3n) is 5.04. The van der Waals surface area contributed by atoms with Gasteiger partial charge in [-0.25, -0.2) is 0 Å². The number of hydrogen-bond donors (Lipinski definition) is 2. The van der Waals surface area contributed by atoms with Crippen LogP contribution in [-0.4, -0.2) is 30.2 Å². The Labute approximate surface area is 198 Å². The maximum atomic E-state index is 12.6. The maximum absolute atomic E-state index is 12.6. The van der Waals surface area contributed by atoms with E-state index in [2.05, 4.69) is 10.6 Å². The highest BCUT2D eigenvalue weighted by Gasteiger charge is 2.15. The van der Waals surface area contributed by atoms with E-state index in [0.717, 1.165) is 11.1 Å². The zero-order chi connectivity index (χ0) is 24.3. The lowest BCUT2D eigenvalue weighted by molar-refractivity contribution is -0.147. The monoisotopic (exact) mass is 458 g/mol. The molecule has 0 aliphatic heterocycles. The Bertz CT molecular complexity index is 1160. The lowest BCUT2D eigenvalue weighted by Crippen LogP contribution is -2.26. The van der Waals surface area contributed by atoms with Gasteiger partial charge in [0.15, 0.2) is 12.4 Å². The molecular formula is C27H26N2O5. The Morgan fingerprint density at radius 1 is 0.794 bits per heavy atom. The highest BCUT2D eigenvalue weighted by Crippen LogP contribution is 2.15. The molecule has 2 N–H and O–H groups in total. The molecule has 3 rings (SSSR count). The average Bonchev–Trinajstić information content (AvgIpc) is 2.86. The zero-order valence-corrected chi connectivity index (χ0v) is 18.9. The van der Waals surface area contributed by atoms with Crippen LogP contribution in [0.25, 0.3) is 0 Å². The second-order valence-electron chi connectivity index (χ2n) is 7.71. The predicted molar refractivity (Wildman–Crippen MR) is 128 cm³/mol. The summed E-state index contributed by atoms with van der Waals surface area (Å²) in [6.45, 7) is 1.82. The molecule has 0 saturated heterocycles. The van der Waals surface area contributed by atoms with Crippen LogP contribution in [0.2, 0.25) is 0 Å². The average molecular weight is 459 g/mol. The van der Waals surface area contributed by atoms with Crippen LogP contribution in [0.5, 0.6) is 0 Å². The highest BCUT2D eigenvalue weighted by atomic mass is 16.5. The SMILES string of the molecule is Cc1ccc(CNC(=O)c2ccccc2NC(=O)COC(=O)CCC(=O)c2ccccc2)cc1. The maximum Gasteiger partial charge on any atom is 0.306 e. The summed E-state index contributed by atoms with van der Waals surface area (Å²) in [6, 6.07) is 23.0. The van der Waals surface area contributed by atoms with Crippen molar-refractivity contribution in [3.05, 3.63) is 101 Å². The van der Waals surface area contributed by atoms with Crippen molar-refractivity contribution in [2.75, 3.05) is 11.9 Å². The molecule has 2 amide bonds. The fraction of sp³-hybridized carbons (Fsp3) is 0.185. The molecule has 0 aliphatic carbocycles. The van der Waals surface area contributed by atoms with Crippen molar-refractivity contribution in [1.82, 2.24) is 5.32 Å². The predicted octanol–water partition coefficient (Wildman–Crippen LogP) is 4.07. The molecule has 0 aliphatic rings. The van der Waals surface area contributed by atoms with Gasteiger partial charge in [-0.2, -0.15) is 0 Å². The summed E-state index contributed by atoms with van der Waals surface area (Å²) in [5.41, 5.74) is 3.21. The number of esters is 1. The minimum absolute atomic E-state index is 0.00550. The Morgan fingerprint density at radius 3 is 2.21 bits per heavy atom. The number of anilines is 1. The smallest absolute Gasteiger partial charge is 0.306 e. The molecule has 7 nitrogen and oxygen atoms in total. The number of carbonyl (C=O) groups is 4. The van der Waals surface area contributed by atoms with Crippen molar-refractivity contribution in [1.29, 1.82) is 0 Å². The summed E-state index contributed by atoms with van der Waals surface area (Å²) < 4.78 is 4.97. The second-order valence-corrected chi connectivity index (χ2v) is 7.71. The molecular weight excluding hydrogens is 432 g/mol. The van der Waals surface area contributed by atoms with Crippen molar-refractivity contribution >= 4 is 29.3 Å². The molecule has 0 unspecified atom stereocenters. The number of ether oxygens (including phenoxy) is 1.